The highest BCUT2D eigenvalue weighted by molar-refractivity contribution is 6.31. The van der Waals surface area contributed by atoms with Gasteiger partial charge in [0.05, 0.1) is 0 Å². The van der Waals surface area contributed by atoms with E-state index in [9.17, 15) is 9.18 Å². The predicted octanol–water partition coefficient (Wildman–Crippen LogP) is 3.02. The highest BCUT2D eigenvalue weighted by Gasteiger charge is 2.11. The van der Waals surface area contributed by atoms with Gasteiger partial charge in [-0.2, -0.15) is 0 Å². The van der Waals surface area contributed by atoms with Crippen molar-refractivity contribution in [3.63, 3.8) is 0 Å². The van der Waals surface area contributed by atoms with Gasteiger partial charge in [0.15, 0.2) is 5.78 Å². The Labute approximate surface area is 99.4 Å². The number of carbonyl (C=O) groups excluding carboxylic acids is 1. The van der Waals surface area contributed by atoms with Crippen LogP contribution in [0.2, 0.25) is 5.02 Å². The third kappa shape index (κ3) is 3.91. The van der Waals surface area contributed by atoms with Gasteiger partial charge < -0.3 is 4.74 Å². The minimum Gasteiger partial charge on any atom is -0.374 e. The van der Waals surface area contributed by atoms with Crippen molar-refractivity contribution >= 4 is 17.4 Å². The van der Waals surface area contributed by atoms with Crippen LogP contribution in [0.25, 0.3) is 0 Å². The molecule has 0 heterocycles. The van der Waals surface area contributed by atoms with Crippen LogP contribution in [-0.4, -0.2) is 19.0 Å². The first-order valence-electron chi connectivity index (χ1n) is 5.17. The second kappa shape index (κ2) is 6.61. The molecule has 1 aromatic rings. The standard InChI is InChI=1S/C12H14ClFO2/c1-2-6-16-8-9(15)7-10-11(13)4-3-5-12(10)14/h3-5H,2,6-8H2,1H3. The molecule has 0 spiro atoms. The van der Waals surface area contributed by atoms with Crippen molar-refractivity contribution in [2.45, 2.75) is 19.8 Å². The van der Waals surface area contributed by atoms with Crippen molar-refractivity contribution in [3.05, 3.63) is 34.6 Å². The lowest BCUT2D eigenvalue weighted by atomic mass is 10.1. The van der Waals surface area contributed by atoms with E-state index < -0.39 is 5.82 Å². The van der Waals surface area contributed by atoms with Crippen LogP contribution in [0.1, 0.15) is 18.9 Å². The molecule has 0 saturated carbocycles. The van der Waals surface area contributed by atoms with E-state index in [2.05, 4.69) is 0 Å². The lowest BCUT2D eigenvalue weighted by Gasteiger charge is -2.05. The molecule has 16 heavy (non-hydrogen) atoms. The second-order valence-electron chi connectivity index (χ2n) is 3.47. The average molecular weight is 245 g/mol. The fourth-order valence-electron chi connectivity index (χ4n) is 1.28. The SMILES string of the molecule is CCCOCC(=O)Cc1c(F)cccc1Cl. The summed E-state index contributed by atoms with van der Waals surface area (Å²) in [6, 6.07) is 4.38. The third-order valence-electron chi connectivity index (χ3n) is 2.05. The van der Waals surface area contributed by atoms with Crippen LogP contribution < -0.4 is 0 Å². The number of benzene rings is 1. The number of ether oxygens (including phenoxy) is 1. The average Bonchev–Trinajstić information content (AvgIpc) is 2.24. The van der Waals surface area contributed by atoms with Gasteiger partial charge in [-0.25, -0.2) is 4.39 Å². The Morgan fingerprint density at radius 3 is 2.88 bits per heavy atom. The summed E-state index contributed by atoms with van der Waals surface area (Å²) in [6.45, 7) is 2.51. The van der Waals surface area contributed by atoms with Gasteiger partial charge in [0, 0.05) is 23.6 Å². The first-order chi connectivity index (χ1) is 7.65. The molecule has 0 bridgehead atoms. The largest absolute Gasteiger partial charge is 0.374 e. The molecule has 88 valence electrons. The molecule has 2 nitrogen and oxygen atoms in total. The maximum Gasteiger partial charge on any atom is 0.162 e. The van der Waals surface area contributed by atoms with Gasteiger partial charge in [0.25, 0.3) is 0 Å². The Morgan fingerprint density at radius 2 is 2.25 bits per heavy atom. The summed E-state index contributed by atoms with van der Waals surface area (Å²) >= 11 is 5.80. The fourth-order valence-corrected chi connectivity index (χ4v) is 1.51. The minimum absolute atomic E-state index is 0.0124. The number of ketones is 1. The van der Waals surface area contributed by atoms with E-state index in [1.807, 2.05) is 6.92 Å². The normalized spacial score (nSPS) is 10.4. The summed E-state index contributed by atoms with van der Waals surface area (Å²) in [5, 5.41) is 0.281. The van der Waals surface area contributed by atoms with Gasteiger partial charge in [-0.05, 0) is 18.6 Å². The van der Waals surface area contributed by atoms with Gasteiger partial charge in [0.1, 0.15) is 12.4 Å². The van der Waals surface area contributed by atoms with Crippen LogP contribution in [0.15, 0.2) is 18.2 Å². The van der Waals surface area contributed by atoms with E-state index in [1.165, 1.54) is 12.1 Å². The highest BCUT2D eigenvalue weighted by atomic mass is 35.5. The van der Waals surface area contributed by atoms with Crippen molar-refractivity contribution in [1.82, 2.24) is 0 Å². The zero-order valence-corrected chi connectivity index (χ0v) is 9.89. The van der Waals surface area contributed by atoms with Crippen molar-refractivity contribution in [3.8, 4) is 0 Å². The van der Waals surface area contributed by atoms with E-state index >= 15 is 0 Å². The summed E-state index contributed by atoms with van der Waals surface area (Å²) in [4.78, 5) is 11.4. The molecule has 0 radical (unpaired) electrons. The maximum atomic E-state index is 13.3. The van der Waals surface area contributed by atoms with Crippen LogP contribution in [0.3, 0.4) is 0 Å². The number of halogens is 2. The Kier molecular flexibility index (Phi) is 5.43. The van der Waals surface area contributed by atoms with Gasteiger partial charge in [-0.1, -0.05) is 24.6 Å². The summed E-state index contributed by atoms with van der Waals surface area (Å²) in [7, 11) is 0. The zero-order chi connectivity index (χ0) is 12.0. The molecule has 1 rings (SSSR count). The van der Waals surface area contributed by atoms with Gasteiger partial charge in [-0.3, -0.25) is 4.79 Å². The van der Waals surface area contributed by atoms with Crippen molar-refractivity contribution in [1.29, 1.82) is 0 Å². The fraction of sp³-hybridized carbons (Fsp3) is 0.417. The van der Waals surface area contributed by atoms with E-state index in [-0.39, 0.29) is 29.4 Å². The molecule has 0 unspecified atom stereocenters. The number of rotatable bonds is 6. The molecule has 0 N–H and O–H groups in total. The van der Waals surface area contributed by atoms with E-state index in [4.69, 9.17) is 16.3 Å². The number of Topliss-reactive ketones (excluding diaryl/α,β-unsaturated/α-hetero) is 1. The van der Waals surface area contributed by atoms with Crippen molar-refractivity contribution < 1.29 is 13.9 Å². The minimum atomic E-state index is -0.448. The van der Waals surface area contributed by atoms with Crippen LogP contribution in [0, 0.1) is 5.82 Å². The molecule has 1 aromatic carbocycles. The predicted molar refractivity (Wildman–Crippen MR) is 61.2 cm³/mol. The van der Waals surface area contributed by atoms with Gasteiger partial charge in [-0.15, -0.1) is 0 Å². The monoisotopic (exact) mass is 244 g/mol. The molecular weight excluding hydrogens is 231 g/mol. The summed E-state index contributed by atoms with van der Waals surface area (Å²) in [6.07, 6.45) is 0.836. The van der Waals surface area contributed by atoms with Crippen molar-refractivity contribution in [2.24, 2.45) is 0 Å². The Bertz CT molecular complexity index is 346. The molecule has 0 aliphatic rings. The Hall–Kier alpha value is -0.930. The van der Waals surface area contributed by atoms with E-state index in [0.29, 0.717) is 6.61 Å². The molecule has 0 aromatic heterocycles. The number of hydrogen-bond donors (Lipinski definition) is 0. The van der Waals surface area contributed by atoms with Crippen LogP contribution in [0.4, 0.5) is 4.39 Å². The third-order valence-corrected chi connectivity index (χ3v) is 2.40. The smallest absolute Gasteiger partial charge is 0.162 e. The lowest BCUT2D eigenvalue weighted by Crippen LogP contribution is -2.13. The number of hydrogen-bond acceptors (Lipinski definition) is 2. The van der Waals surface area contributed by atoms with Crippen molar-refractivity contribution in [2.75, 3.05) is 13.2 Å². The Morgan fingerprint density at radius 1 is 1.50 bits per heavy atom. The first kappa shape index (κ1) is 13.1. The summed E-state index contributed by atoms with van der Waals surface area (Å²) in [5.74, 6) is -0.614. The summed E-state index contributed by atoms with van der Waals surface area (Å²) in [5.41, 5.74) is 0.245. The van der Waals surface area contributed by atoms with E-state index in [1.54, 1.807) is 6.07 Å². The Balaban J connectivity index is 2.56. The first-order valence-corrected chi connectivity index (χ1v) is 5.55. The maximum absolute atomic E-state index is 13.3. The molecular formula is C12H14ClFO2. The lowest BCUT2D eigenvalue weighted by molar-refractivity contribution is -0.122. The van der Waals surface area contributed by atoms with Crippen LogP contribution >= 0.6 is 11.6 Å². The molecule has 0 fully saturated rings. The van der Waals surface area contributed by atoms with Crippen LogP contribution in [0.5, 0.6) is 0 Å². The zero-order valence-electron chi connectivity index (χ0n) is 9.13. The van der Waals surface area contributed by atoms with E-state index in [0.717, 1.165) is 6.42 Å². The van der Waals surface area contributed by atoms with Gasteiger partial charge in [0.2, 0.25) is 0 Å². The quantitative estimate of drug-likeness (QED) is 0.719. The molecule has 4 heteroatoms. The highest BCUT2D eigenvalue weighted by Crippen LogP contribution is 2.19. The molecule has 0 amide bonds. The second-order valence-corrected chi connectivity index (χ2v) is 3.88. The number of carbonyl (C=O) groups is 1. The van der Waals surface area contributed by atoms with Crippen LogP contribution in [-0.2, 0) is 16.0 Å². The van der Waals surface area contributed by atoms with Gasteiger partial charge >= 0.3 is 0 Å². The molecule has 0 aliphatic heterocycles. The molecule has 0 atom stereocenters. The molecule has 0 aliphatic carbocycles. The molecule has 0 saturated heterocycles. The topological polar surface area (TPSA) is 26.3 Å². The summed E-state index contributed by atoms with van der Waals surface area (Å²) < 4.78 is 18.4.